The fourth-order valence-corrected chi connectivity index (χ4v) is 2.74. The van der Waals surface area contributed by atoms with Crippen molar-refractivity contribution < 1.29 is 9.47 Å². The zero-order chi connectivity index (χ0) is 14.5. The third-order valence-corrected chi connectivity index (χ3v) is 3.73. The number of hydrogen-bond donors (Lipinski definition) is 2. The largest absolute Gasteiger partial charge is 0.496 e. The highest BCUT2D eigenvalue weighted by Gasteiger charge is 2.22. The molecule has 1 atom stereocenters. The minimum atomic E-state index is 0.0368. The van der Waals surface area contributed by atoms with Crippen LogP contribution in [0.5, 0.6) is 5.75 Å². The van der Waals surface area contributed by atoms with Crippen LogP contribution in [0.25, 0.3) is 0 Å². The van der Waals surface area contributed by atoms with Crippen LogP contribution in [-0.2, 0) is 11.3 Å². The van der Waals surface area contributed by atoms with E-state index in [2.05, 4.69) is 4.90 Å². The molecule has 1 fully saturated rings. The van der Waals surface area contributed by atoms with Crippen molar-refractivity contribution >= 4 is 5.84 Å². The molecule has 5 nitrogen and oxygen atoms in total. The van der Waals surface area contributed by atoms with Gasteiger partial charge in [0.05, 0.1) is 19.3 Å². The number of nitrogens with zero attached hydrogens (tertiary/aromatic N) is 1. The van der Waals surface area contributed by atoms with Crippen LogP contribution in [0.1, 0.15) is 17.5 Å². The van der Waals surface area contributed by atoms with E-state index < -0.39 is 0 Å². The van der Waals surface area contributed by atoms with Gasteiger partial charge in [-0.3, -0.25) is 10.3 Å². The second-order valence-electron chi connectivity index (χ2n) is 5.29. The van der Waals surface area contributed by atoms with Gasteiger partial charge in [0.25, 0.3) is 0 Å². The number of nitrogen functional groups attached to an aromatic ring is 1. The molecule has 20 heavy (non-hydrogen) atoms. The lowest BCUT2D eigenvalue weighted by Gasteiger charge is -2.17. The summed E-state index contributed by atoms with van der Waals surface area (Å²) in [6, 6.07) is 5.85. The van der Waals surface area contributed by atoms with Gasteiger partial charge in [0.15, 0.2) is 0 Å². The van der Waals surface area contributed by atoms with Gasteiger partial charge in [0.1, 0.15) is 11.6 Å². The Kier molecular flexibility index (Phi) is 4.98. The van der Waals surface area contributed by atoms with Crippen LogP contribution in [0.3, 0.4) is 0 Å². The Labute approximate surface area is 120 Å². The molecule has 0 aromatic heterocycles. The lowest BCUT2D eigenvalue weighted by molar-refractivity contribution is 0.152. The van der Waals surface area contributed by atoms with E-state index in [1.54, 1.807) is 14.2 Å². The van der Waals surface area contributed by atoms with Crippen molar-refractivity contribution in [1.29, 1.82) is 5.41 Å². The first-order valence-electron chi connectivity index (χ1n) is 6.86. The molecule has 110 valence electrons. The first-order valence-corrected chi connectivity index (χ1v) is 6.86. The molecule has 0 amide bonds. The average molecular weight is 277 g/mol. The number of hydrogen-bond acceptors (Lipinski definition) is 4. The fraction of sp³-hybridized carbons (Fsp3) is 0.533. The average Bonchev–Trinajstić information content (AvgIpc) is 2.86. The summed E-state index contributed by atoms with van der Waals surface area (Å²) in [5, 5.41) is 7.52. The zero-order valence-electron chi connectivity index (χ0n) is 12.2. The van der Waals surface area contributed by atoms with E-state index in [1.807, 2.05) is 18.2 Å². The molecule has 1 aliphatic heterocycles. The number of likely N-dealkylation sites (tertiary alicyclic amines) is 1. The molecule has 0 saturated carbocycles. The minimum absolute atomic E-state index is 0.0368. The van der Waals surface area contributed by atoms with Crippen molar-refractivity contribution in [1.82, 2.24) is 4.90 Å². The molecule has 1 unspecified atom stereocenters. The number of rotatable bonds is 6. The van der Waals surface area contributed by atoms with E-state index >= 15 is 0 Å². The topological polar surface area (TPSA) is 71.6 Å². The standard InChI is InChI=1S/C15H23N3O2/c1-19-10-12-5-6-18(9-12)8-11-3-4-13(15(16)17)14(7-11)20-2/h3-4,7,12H,5-6,8-10H2,1-2H3,(H3,16,17). The molecular weight excluding hydrogens is 254 g/mol. The van der Waals surface area contributed by atoms with Gasteiger partial charge in [0, 0.05) is 20.2 Å². The lowest BCUT2D eigenvalue weighted by atomic mass is 10.1. The number of methoxy groups -OCH3 is 2. The van der Waals surface area contributed by atoms with Crippen LogP contribution in [0.2, 0.25) is 0 Å². The molecule has 0 bridgehead atoms. The lowest BCUT2D eigenvalue weighted by Crippen LogP contribution is -2.21. The summed E-state index contributed by atoms with van der Waals surface area (Å²) in [4.78, 5) is 2.42. The molecule has 1 aromatic carbocycles. The Hall–Kier alpha value is -1.59. The van der Waals surface area contributed by atoms with Crippen molar-refractivity contribution in [3.05, 3.63) is 29.3 Å². The molecule has 0 radical (unpaired) electrons. The number of amidine groups is 1. The van der Waals surface area contributed by atoms with Gasteiger partial charge in [-0.2, -0.15) is 0 Å². The highest BCUT2D eigenvalue weighted by atomic mass is 16.5. The van der Waals surface area contributed by atoms with Crippen LogP contribution < -0.4 is 10.5 Å². The van der Waals surface area contributed by atoms with E-state index in [1.165, 1.54) is 12.0 Å². The summed E-state index contributed by atoms with van der Waals surface area (Å²) in [6.45, 7) is 3.91. The maximum atomic E-state index is 7.52. The second-order valence-corrected chi connectivity index (χ2v) is 5.29. The number of benzene rings is 1. The Bertz CT molecular complexity index is 476. The third-order valence-electron chi connectivity index (χ3n) is 3.73. The Morgan fingerprint density at radius 2 is 2.25 bits per heavy atom. The van der Waals surface area contributed by atoms with Gasteiger partial charge in [-0.1, -0.05) is 6.07 Å². The quantitative estimate of drug-likeness (QED) is 0.610. The van der Waals surface area contributed by atoms with Gasteiger partial charge >= 0.3 is 0 Å². The predicted octanol–water partition coefficient (Wildman–Crippen LogP) is 1.45. The molecule has 1 heterocycles. The molecular formula is C15H23N3O2. The first kappa shape index (κ1) is 14.8. The summed E-state index contributed by atoms with van der Waals surface area (Å²) in [7, 11) is 3.37. The highest BCUT2D eigenvalue weighted by molar-refractivity contribution is 5.97. The summed E-state index contributed by atoms with van der Waals surface area (Å²) in [5.74, 6) is 1.34. The van der Waals surface area contributed by atoms with Crippen molar-refractivity contribution in [2.24, 2.45) is 11.7 Å². The van der Waals surface area contributed by atoms with Gasteiger partial charge in [-0.25, -0.2) is 0 Å². The van der Waals surface area contributed by atoms with E-state index in [-0.39, 0.29) is 5.84 Å². The molecule has 3 N–H and O–H groups in total. The van der Waals surface area contributed by atoms with Crippen LogP contribution >= 0.6 is 0 Å². The SMILES string of the molecule is COCC1CCN(Cc2ccc(C(=N)N)c(OC)c2)C1. The van der Waals surface area contributed by atoms with Gasteiger partial charge in [-0.15, -0.1) is 0 Å². The van der Waals surface area contributed by atoms with Gasteiger partial charge in [0.2, 0.25) is 0 Å². The first-order chi connectivity index (χ1) is 9.63. The Morgan fingerprint density at radius 3 is 2.90 bits per heavy atom. The molecule has 2 rings (SSSR count). The van der Waals surface area contributed by atoms with Crippen molar-refractivity contribution in [2.75, 3.05) is 33.9 Å². The van der Waals surface area contributed by atoms with Crippen molar-refractivity contribution in [2.45, 2.75) is 13.0 Å². The van der Waals surface area contributed by atoms with Crippen molar-refractivity contribution in [3.63, 3.8) is 0 Å². The number of ether oxygens (including phenoxy) is 2. The fourth-order valence-electron chi connectivity index (χ4n) is 2.74. The monoisotopic (exact) mass is 277 g/mol. The molecule has 1 saturated heterocycles. The van der Waals surface area contributed by atoms with Gasteiger partial charge in [-0.05, 0) is 36.6 Å². The summed E-state index contributed by atoms with van der Waals surface area (Å²) >= 11 is 0. The maximum Gasteiger partial charge on any atom is 0.130 e. The normalized spacial score (nSPS) is 19.2. The predicted molar refractivity (Wildman–Crippen MR) is 79.3 cm³/mol. The Balaban J connectivity index is 2.02. The second kappa shape index (κ2) is 6.72. The summed E-state index contributed by atoms with van der Waals surface area (Å²) in [5.41, 5.74) is 7.37. The molecule has 5 heteroatoms. The van der Waals surface area contributed by atoms with Crippen LogP contribution in [0, 0.1) is 11.3 Å². The molecule has 1 aromatic rings. The third kappa shape index (κ3) is 3.49. The minimum Gasteiger partial charge on any atom is -0.496 e. The van der Waals surface area contributed by atoms with E-state index in [0.29, 0.717) is 17.2 Å². The van der Waals surface area contributed by atoms with Crippen LogP contribution in [-0.4, -0.2) is 44.7 Å². The summed E-state index contributed by atoms with van der Waals surface area (Å²) < 4.78 is 10.5. The zero-order valence-corrected chi connectivity index (χ0v) is 12.2. The summed E-state index contributed by atoms with van der Waals surface area (Å²) in [6.07, 6.45) is 1.19. The molecule has 0 spiro atoms. The smallest absolute Gasteiger partial charge is 0.130 e. The highest BCUT2D eigenvalue weighted by Crippen LogP contribution is 2.23. The van der Waals surface area contributed by atoms with Crippen LogP contribution in [0.15, 0.2) is 18.2 Å². The van der Waals surface area contributed by atoms with E-state index in [0.717, 1.165) is 26.2 Å². The van der Waals surface area contributed by atoms with E-state index in [4.69, 9.17) is 20.6 Å². The number of nitrogens with one attached hydrogen (secondary N) is 1. The van der Waals surface area contributed by atoms with Crippen molar-refractivity contribution in [3.8, 4) is 5.75 Å². The Morgan fingerprint density at radius 1 is 1.45 bits per heavy atom. The van der Waals surface area contributed by atoms with E-state index in [9.17, 15) is 0 Å². The number of nitrogens with two attached hydrogens (primary N) is 1. The van der Waals surface area contributed by atoms with Crippen LogP contribution in [0.4, 0.5) is 0 Å². The maximum absolute atomic E-state index is 7.52. The molecule has 1 aliphatic rings. The van der Waals surface area contributed by atoms with Gasteiger partial charge < -0.3 is 15.2 Å². The molecule has 0 aliphatic carbocycles.